The Morgan fingerprint density at radius 2 is 2.07 bits per heavy atom. The first-order valence-corrected chi connectivity index (χ1v) is 10.6. The van der Waals surface area contributed by atoms with Crippen LogP contribution in [-0.4, -0.2) is 44.9 Å². The number of hydrogen-bond acceptors (Lipinski definition) is 7. The van der Waals surface area contributed by atoms with E-state index in [-0.39, 0.29) is 17.4 Å². The molecule has 0 atom stereocenters. The summed E-state index contributed by atoms with van der Waals surface area (Å²) in [5.74, 6) is 0.785. The van der Waals surface area contributed by atoms with Gasteiger partial charge in [-0.15, -0.1) is 10.2 Å². The summed E-state index contributed by atoms with van der Waals surface area (Å²) >= 11 is 4.59. The van der Waals surface area contributed by atoms with E-state index < -0.39 is 0 Å². The summed E-state index contributed by atoms with van der Waals surface area (Å²) in [7, 11) is 3.31. The third kappa shape index (κ3) is 5.19. The topological polar surface area (TPSA) is 102 Å². The third-order valence-electron chi connectivity index (χ3n) is 4.16. The summed E-state index contributed by atoms with van der Waals surface area (Å²) in [5.41, 5.74) is 4.97. The van der Waals surface area contributed by atoms with Crippen LogP contribution in [0.15, 0.2) is 51.1 Å². The van der Waals surface area contributed by atoms with Crippen LogP contribution in [0.3, 0.4) is 0 Å². The Morgan fingerprint density at radius 3 is 2.77 bits per heavy atom. The van der Waals surface area contributed by atoms with Gasteiger partial charge in [0, 0.05) is 22.6 Å². The maximum absolute atomic E-state index is 12.1. The Hall–Kier alpha value is -2.85. The van der Waals surface area contributed by atoms with Gasteiger partial charge in [-0.05, 0) is 19.1 Å². The highest BCUT2D eigenvalue weighted by Crippen LogP contribution is 2.32. The molecule has 0 fully saturated rings. The molecule has 3 aromatic rings. The highest BCUT2D eigenvalue weighted by Gasteiger charge is 2.13. The molecule has 0 bridgehead atoms. The molecule has 1 amide bonds. The van der Waals surface area contributed by atoms with Gasteiger partial charge in [0.2, 0.25) is 0 Å². The van der Waals surface area contributed by atoms with E-state index in [1.54, 1.807) is 12.1 Å². The number of ether oxygens (including phenoxy) is 1. The predicted octanol–water partition coefficient (Wildman–Crippen LogP) is 3.51. The monoisotopic (exact) mass is 489 g/mol. The van der Waals surface area contributed by atoms with Gasteiger partial charge in [-0.1, -0.05) is 57.5 Å². The first-order valence-electron chi connectivity index (χ1n) is 8.86. The smallest absolute Gasteiger partial charge is 0.250 e. The number of phenols is 1. The SMILES string of the molecule is COc1cc(Br)cc(/C=N\NC(=O)CSc2nnc(-c3ccc(C)cc3)n2C)c1O. The number of aromatic hydroxyl groups is 1. The van der Waals surface area contributed by atoms with E-state index >= 15 is 0 Å². The molecule has 0 radical (unpaired) electrons. The molecular formula is C20H20BrN5O3S. The molecule has 3 rings (SSSR count). The van der Waals surface area contributed by atoms with E-state index in [2.05, 4.69) is 36.7 Å². The number of nitrogens with zero attached hydrogens (tertiary/aromatic N) is 4. The number of carbonyl (C=O) groups is 1. The molecule has 1 aromatic heterocycles. The Bertz CT molecular complexity index is 1080. The van der Waals surface area contributed by atoms with E-state index in [0.717, 1.165) is 11.4 Å². The van der Waals surface area contributed by atoms with Crippen LogP contribution in [0.4, 0.5) is 0 Å². The normalized spacial score (nSPS) is 11.1. The van der Waals surface area contributed by atoms with Gasteiger partial charge in [0.25, 0.3) is 5.91 Å². The third-order valence-corrected chi connectivity index (χ3v) is 5.64. The van der Waals surface area contributed by atoms with Crippen LogP contribution in [0.2, 0.25) is 0 Å². The molecule has 2 aromatic carbocycles. The number of aryl methyl sites for hydroxylation is 1. The van der Waals surface area contributed by atoms with E-state index in [1.165, 1.54) is 30.6 Å². The molecule has 0 saturated carbocycles. The minimum absolute atomic E-state index is 0.0595. The largest absolute Gasteiger partial charge is 0.504 e. The van der Waals surface area contributed by atoms with Gasteiger partial charge in [0.1, 0.15) is 0 Å². The quantitative estimate of drug-likeness (QED) is 0.299. The van der Waals surface area contributed by atoms with Crippen molar-refractivity contribution in [3.8, 4) is 22.9 Å². The van der Waals surface area contributed by atoms with Crippen molar-refractivity contribution in [2.75, 3.05) is 12.9 Å². The molecule has 156 valence electrons. The van der Waals surface area contributed by atoms with Gasteiger partial charge in [0.15, 0.2) is 22.5 Å². The molecule has 2 N–H and O–H groups in total. The highest BCUT2D eigenvalue weighted by molar-refractivity contribution is 9.10. The van der Waals surface area contributed by atoms with Gasteiger partial charge in [-0.2, -0.15) is 5.10 Å². The summed E-state index contributed by atoms with van der Waals surface area (Å²) in [6, 6.07) is 11.3. The molecule has 10 heteroatoms. The molecule has 0 aliphatic rings. The van der Waals surface area contributed by atoms with Crippen LogP contribution in [-0.2, 0) is 11.8 Å². The number of carbonyl (C=O) groups excluding carboxylic acids is 1. The fraction of sp³-hybridized carbons (Fsp3) is 0.200. The number of thioether (sulfide) groups is 1. The van der Waals surface area contributed by atoms with E-state index in [1.807, 2.05) is 42.8 Å². The van der Waals surface area contributed by atoms with Crippen LogP contribution >= 0.6 is 27.7 Å². The second-order valence-corrected chi connectivity index (χ2v) is 8.22. The first kappa shape index (κ1) is 21.8. The molecule has 0 aliphatic heterocycles. The number of halogens is 1. The number of amides is 1. The van der Waals surface area contributed by atoms with Gasteiger partial charge in [-0.3, -0.25) is 4.79 Å². The number of nitrogens with one attached hydrogen (secondary N) is 1. The molecule has 0 aliphatic carbocycles. The number of benzene rings is 2. The zero-order valence-corrected chi connectivity index (χ0v) is 19.0. The lowest BCUT2D eigenvalue weighted by Gasteiger charge is -2.06. The number of methoxy groups -OCH3 is 1. The summed E-state index contributed by atoms with van der Waals surface area (Å²) in [6.45, 7) is 2.03. The lowest BCUT2D eigenvalue weighted by molar-refractivity contribution is -0.118. The zero-order chi connectivity index (χ0) is 21.7. The van der Waals surface area contributed by atoms with Crippen molar-refractivity contribution in [3.63, 3.8) is 0 Å². The Balaban J connectivity index is 1.59. The molecule has 8 nitrogen and oxygen atoms in total. The van der Waals surface area contributed by atoms with E-state index in [4.69, 9.17) is 4.74 Å². The number of rotatable bonds is 7. The van der Waals surface area contributed by atoms with Crippen LogP contribution in [0.5, 0.6) is 11.5 Å². The Kier molecular flexibility index (Phi) is 7.11. The van der Waals surface area contributed by atoms with Crippen molar-refractivity contribution in [2.24, 2.45) is 12.1 Å². The van der Waals surface area contributed by atoms with E-state index in [0.29, 0.717) is 20.9 Å². The average Bonchev–Trinajstić information content (AvgIpc) is 3.09. The maximum Gasteiger partial charge on any atom is 0.250 e. The number of aromatic nitrogens is 3. The van der Waals surface area contributed by atoms with Crippen molar-refractivity contribution in [3.05, 3.63) is 52.0 Å². The van der Waals surface area contributed by atoms with E-state index in [9.17, 15) is 9.90 Å². The van der Waals surface area contributed by atoms with Crippen molar-refractivity contribution >= 4 is 39.8 Å². The maximum atomic E-state index is 12.1. The van der Waals surface area contributed by atoms with Crippen LogP contribution in [0.1, 0.15) is 11.1 Å². The molecule has 0 saturated heterocycles. The zero-order valence-electron chi connectivity index (χ0n) is 16.6. The Morgan fingerprint density at radius 1 is 1.33 bits per heavy atom. The van der Waals surface area contributed by atoms with Crippen molar-refractivity contribution < 1.29 is 14.6 Å². The molecule has 0 spiro atoms. The standard InChI is InChI=1S/C20H20BrN5O3S/c1-12-4-6-13(7-5-12)19-24-25-20(26(19)2)30-11-17(27)23-22-10-14-8-15(21)9-16(29-3)18(14)28/h4-10,28H,11H2,1-3H3,(H,23,27)/b22-10-. The number of hydrazone groups is 1. The summed E-state index contributed by atoms with van der Waals surface area (Å²) < 4.78 is 7.64. The molecule has 30 heavy (non-hydrogen) atoms. The summed E-state index contributed by atoms with van der Waals surface area (Å²) in [5, 5.41) is 23.0. The predicted molar refractivity (Wildman–Crippen MR) is 120 cm³/mol. The first-order chi connectivity index (χ1) is 14.4. The fourth-order valence-electron chi connectivity index (χ4n) is 2.58. The minimum Gasteiger partial charge on any atom is -0.504 e. The average molecular weight is 490 g/mol. The lowest BCUT2D eigenvalue weighted by atomic mass is 10.1. The van der Waals surface area contributed by atoms with Crippen LogP contribution < -0.4 is 10.2 Å². The van der Waals surface area contributed by atoms with Crippen LogP contribution in [0.25, 0.3) is 11.4 Å². The van der Waals surface area contributed by atoms with Gasteiger partial charge >= 0.3 is 0 Å². The van der Waals surface area contributed by atoms with Crippen molar-refractivity contribution in [1.82, 2.24) is 20.2 Å². The molecule has 0 unspecified atom stereocenters. The van der Waals surface area contributed by atoms with Gasteiger partial charge in [-0.25, -0.2) is 5.43 Å². The number of phenolic OH excluding ortho intramolecular Hbond substituents is 1. The van der Waals surface area contributed by atoms with Crippen molar-refractivity contribution in [2.45, 2.75) is 12.1 Å². The summed E-state index contributed by atoms with van der Waals surface area (Å²) in [6.07, 6.45) is 1.35. The van der Waals surface area contributed by atoms with Crippen LogP contribution in [0, 0.1) is 6.92 Å². The van der Waals surface area contributed by atoms with Crippen molar-refractivity contribution in [1.29, 1.82) is 0 Å². The fourth-order valence-corrected chi connectivity index (χ4v) is 3.74. The second kappa shape index (κ2) is 9.77. The summed E-state index contributed by atoms with van der Waals surface area (Å²) in [4.78, 5) is 12.1. The molecular weight excluding hydrogens is 470 g/mol. The molecule has 1 heterocycles. The van der Waals surface area contributed by atoms with Gasteiger partial charge < -0.3 is 14.4 Å². The number of hydrogen-bond donors (Lipinski definition) is 2. The Labute approximate surface area is 186 Å². The minimum atomic E-state index is -0.308. The second-order valence-electron chi connectivity index (χ2n) is 6.36. The highest BCUT2D eigenvalue weighted by atomic mass is 79.9. The lowest BCUT2D eigenvalue weighted by Crippen LogP contribution is -2.20. The van der Waals surface area contributed by atoms with Gasteiger partial charge in [0.05, 0.1) is 19.1 Å².